The third kappa shape index (κ3) is 9.02. The van der Waals surface area contributed by atoms with Crippen LogP contribution < -0.4 is 15.4 Å². The molecule has 0 saturated heterocycles. The number of halogens is 1. The van der Waals surface area contributed by atoms with Crippen molar-refractivity contribution in [3.05, 3.63) is 28.7 Å². The van der Waals surface area contributed by atoms with Crippen LogP contribution in [-0.4, -0.2) is 68.6 Å². The number of amides is 1. The van der Waals surface area contributed by atoms with Gasteiger partial charge in [0.05, 0.1) is 11.0 Å². The van der Waals surface area contributed by atoms with Crippen LogP contribution in [0.2, 0.25) is 0 Å². The predicted molar refractivity (Wildman–Crippen MR) is 110 cm³/mol. The Hall–Kier alpha value is -1.41. The highest BCUT2D eigenvalue weighted by atomic mass is 79.9. The number of hydrogen-bond donors (Lipinski definition) is 2. The van der Waals surface area contributed by atoms with Gasteiger partial charge in [-0.25, -0.2) is 4.99 Å². The first-order valence-electron chi connectivity index (χ1n) is 8.06. The highest BCUT2D eigenvalue weighted by Crippen LogP contribution is 2.24. The molecule has 2 N–H and O–H groups in total. The number of hydrogen-bond acceptors (Lipinski definition) is 4. The number of likely N-dealkylation sites (N-methyl/N-ethyl adjacent to an activating group) is 1. The lowest BCUT2D eigenvalue weighted by Crippen LogP contribution is -2.43. The van der Waals surface area contributed by atoms with E-state index in [1.54, 1.807) is 25.9 Å². The smallest absolute Gasteiger partial charge is 0.243 e. The van der Waals surface area contributed by atoms with Gasteiger partial charge < -0.3 is 20.3 Å². The summed E-state index contributed by atoms with van der Waals surface area (Å²) in [7, 11) is 3.44. The van der Waals surface area contributed by atoms with E-state index in [1.807, 2.05) is 31.2 Å². The summed E-state index contributed by atoms with van der Waals surface area (Å²) in [6.07, 6.45) is 1.99. The lowest BCUT2D eigenvalue weighted by Gasteiger charge is -2.19. The molecule has 0 aliphatic carbocycles. The summed E-state index contributed by atoms with van der Waals surface area (Å²) in [5.74, 6) is 2.34. The molecular formula is C17H27BrN4O2S. The Morgan fingerprint density at radius 1 is 1.36 bits per heavy atom. The van der Waals surface area contributed by atoms with Gasteiger partial charge in [0.15, 0.2) is 5.96 Å². The maximum atomic E-state index is 11.7. The molecule has 0 saturated carbocycles. The normalized spacial score (nSPS) is 12.4. The van der Waals surface area contributed by atoms with Crippen LogP contribution in [0.1, 0.15) is 6.92 Å². The van der Waals surface area contributed by atoms with E-state index >= 15 is 0 Å². The molecule has 1 amide bonds. The highest BCUT2D eigenvalue weighted by molar-refractivity contribution is 9.10. The largest absolute Gasteiger partial charge is 0.488 e. The van der Waals surface area contributed by atoms with Gasteiger partial charge in [-0.05, 0) is 41.2 Å². The van der Waals surface area contributed by atoms with Crippen molar-refractivity contribution in [3.63, 3.8) is 0 Å². The Balaban J connectivity index is 2.56. The van der Waals surface area contributed by atoms with E-state index in [0.717, 1.165) is 22.5 Å². The number of aliphatic imine (C=N–C) groups is 1. The molecule has 0 aliphatic heterocycles. The monoisotopic (exact) mass is 430 g/mol. The van der Waals surface area contributed by atoms with E-state index in [9.17, 15) is 4.79 Å². The van der Waals surface area contributed by atoms with E-state index < -0.39 is 0 Å². The van der Waals surface area contributed by atoms with Gasteiger partial charge in [-0.1, -0.05) is 12.1 Å². The number of ether oxygens (including phenoxy) is 1. The summed E-state index contributed by atoms with van der Waals surface area (Å²) in [5, 5.41) is 6.46. The molecule has 0 fully saturated rings. The number of thioether (sulfide) groups is 1. The molecule has 1 rings (SSSR count). The second kappa shape index (κ2) is 12.0. The second-order valence-electron chi connectivity index (χ2n) is 5.61. The van der Waals surface area contributed by atoms with Crippen molar-refractivity contribution >= 4 is 39.6 Å². The number of guanidine groups is 1. The Bertz CT molecular complexity index is 569. The van der Waals surface area contributed by atoms with Crippen molar-refractivity contribution in [1.82, 2.24) is 15.5 Å². The van der Waals surface area contributed by atoms with E-state index in [4.69, 9.17) is 4.74 Å². The maximum absolute atomic E-state index is 11.7. The highest BCUT2D eigenvalue weighted by Gasteiger charge is 2.09. The molecule has 0 spiro atoms. The zero-order valence-corrected chi connectivity index (χ0v) is 17.6. The van der Waals surface area contributed by atoms with Crippen LogP contribution in [0.3, 0.4) is 0 Å². The summed E-state index contributed by atoms with van der Waals surface area (Å²) in [6.45, 7) is 3.45. The number of benzene rings is 1. The van der Waals surface area contributed by atoms with Crippen LogP contribution in [0, 0.1) is 0 Å². The van der Waals surface area contributed by atoms with Gasteiger partial charge in [-0.3, -0.25) is 4.79 Å². The zero-order chi connectivity index (χ0) is 18.7. The fraction of sp³-hybridized carbons (Fsp3) is 0.529. The van der Waals surface area contributed by atoms with Crippen molar-refractivity contribution < 1.29 is 9.53 Å². The Morgan fingerprint density at radius 3 is 2.72 bits per heavy atom. The minimum Gasteiger partial charge on any atom is -0.488 e. The summed E-state index contributed by atoms with van der Waals surface area (Å²) in [6, 6.07) is 7.74. The van der Waals surface area contributed by atoms with E-state index in [0.29, 0.717) is 12.5 Å². The lowest BCUT2D eigenvalue weighted by molar-refractivity contribution is -0.127. The first kappa shape index (κ1) is 21.6. The molecule has 0 aromatic heterocycles. The van der Waals surface area contributed by atoms with Gasteiger partial charge in [-0.2, -0.15) is 11.8 Å². The lowest BCUT2D eigenvalue weighted by atomic mass is 10.3. The van der Waals surface area contributed by atoms with Gasteiger partial charge in [-0.15, -0.1) is 0 Å². The summed E-state index contributed by atoms with van der Waals surface area (Å²) < 4.78 is 6.84. The minimum absolute atomic E-state index is 0.0384. The minimum atomic E-state index is -0.0594. The van der Waals surface area contributed by atoms with E-state index in [-0.39, 0.29) is 18.6 Å². The van der Waals surface area contributed by atoms with Crippen molar-refractivity contribution in [2.45, 2.75) is 13.0 Å². The Morgan fingerprint density at radius 2 is 2.08 bits per heavy atom. The van der Waals surface area contributed by atoms with Crippen LogP contribution in [0.25, 0.3) is 0 Å². The molecule has 0 radical (unpaired) electrons. The first-order chi connectivity index (χ1) is 11.9. The third-order valence-electron chi connectivity index (χ3n) is 3.19. The maximum Gasteiger partial charge on any atom is 0.243 e. The molecule has 25 heavy (non-hydrogen) atoms. The van der Waals surface area contributed by atoms with Crippen molar-refractivity contribution in [2.75, 3.05) is 45.7 Å². The van der Waals surface area contributed by atoms with Crippen LogP contribution in [-0.2, 0) is 4.79 Å². The number of nitrogens with one attached hydrogen (secondary N) is 2. The number of nitrogens with zero attached hydrogens (tertiary/aromatic N) is 2. The van der Waals surface area contributed by atoms with Crippen LogP contribution in [0.5, 0.6) is 5.75 Å². The van der Waals surface area contributed by atoms with E-state index in [1.165, 1.54) is 4.90 Å². The molecule has 0 bridgehead atoms. The molecule has 1 aromatic rings. The average molecular weight is 431 g/mol. The van der Waals surface area contributed by atoms with Crippen LogP contribution in [0.15, 0.2) is 33.7 Å². The van der Waals surface area contributed by atoms with E-state index in [2.05, 4.69) is 37.8 Å². The molecule has 1 atom stereocenters. The molecule has 1 unspecified atom stereocenters. The first-order valence-corrected chi connectivity index (χ1v) is 10.2. The number of para-hydroxylation sites is 1. The van der Waals surface area contributed by atoms with Gasteiger partial charge in [0.2, 0.25) is 5.91 Å². The Kier molecular flexibility index (Phi) is 10.4. The summed E-state index contributed by atoms with van der Waals surface area (Å²) >= 11 is 5.23. The van der Waals surface area contributed by atoms with Gasteiger partial charge >= 0.3 is 0 Å². The zero-order valence-electron chi connectivity index (χ0n) is 15.2. The average Bonchev–Trinajstić information content (AvgIpc) is 2.58. The summed E-state index contributed by atoms with van der Waals surface area (Å²) in [4.78, 5) is 17.6. The molecule has 0 aliphatic rings. The number of carbonyl (C=O) groups is 1. The van der Waals surface area contributed by atoms with Crippen LogP contribution in [0.4, 0.5) is 0 Å². The number of carbonyl (C=O) groups excluding carboxylic acids is 1. The predicted octanol–water partition coefficient (Wildman–Crippen LogP) is 2.20. The molecule has 6 nitrogen and oxygen atoms in total. The van der Waals surface area contributed by atoms with Gasteiger partial charge in [0.1, 0.15) is 18.4 Å². The topological polar surface area (TPSA) is 66.0 Å². The standard InChI is InChI=1S/C17H27BrN4O2S/c1-13(24-15-8-6-5-7-14(15)18)11-20-17(19-9-10-25-4)21-12-16(23)22(2)3/h5-8,13H,9-12H2,1-4H3,(H2,19,20,21). The Labute approximate surface area is 162 Å². The third-order valence-corrected chi connectivity index (χ3v) is 4.46. The van der Waals surface area contributed by atoms with Gasteiger partial charge in [0, 0.05) is 26.4 Å². The van der Waals surface area contributed by atoms with Crippen molar-refractivity contribution in [2.24, 2.45) is 4.99 Å². The van der Waals surface area contributed by atoms with Gasteiger partial charge in [0.25, 0.3) is 0 Å². The van der Waals surface area contributed by atoms with Crippen molar-refractivity contribution in [3.8, 4) is 5.75 Å². The second-order valence-corrected chi connectivity index (χ2v) is 7.45. The summed E-state index contributed by atoms with van der Waals surface area (Å²) in [5.41, 5.74) is 0. The SMILES string of the molecule is CSCCNC(=NCC(=O)N(C)C)NCC(C)Oc1ccccc1Br. The quantitative estimate of drug-likeness (QED) is 0.357. The van der Waals surface area contributed by atoms with Crippen LogP contribution >= 0.6 is 27.7 Å². The molecule has 0 heterocycles. The molecule has 1 aromatic carbocycles. The molecule has 140 valence electrons. The van der Waals surface area contributed by atoms with Crippen molar-refractivity contribution in [1.29, 1.82) is 0 Å². The molecule has 8 heteroatoms. The fourth-order valence-corrected chi connectivity index (χ4v) is 2.46. The molecular weight excluding hydrogens is 404 g/mol. The fourth-order valence-electron chi connectivity index (χ4n) is 1.77. The number of rotatable bonds is 9.